The number of rotatable bonds is 5. The lowest BCUT2D eigenvalue weighted by Gasteiger charge is -2.34. The zero-order valence-corrected chi connectivity index (χ0v) is 13.5. The molecule has 6 heteroatoms. The molecule has 1 saturated carbocycles. The van der Waals surface area contributed by atoms with Crippen LogP contribution in [-0.4, -0.2) is 32.0 Å². The first-order valence-corrected chi connectivity index (χ1v) is 7.96. The summed E-state index contributed by atoms with van der Waals surface area (Å²) < 4.78 is 15.8. The maximum absolute atomic E-state index is 11.8. The molecule has 0 aromatic carbocycles. The number of esters is 1. The van der Waals surface area contributed by atoms with Crippen LogP contribution in [0, 0.1) is 17.8 Å². The van der Waals surface area contributed by atoms with Gasteiger partial charge in [0.25, 0.3) is 0 Å². The molecule has 124 valence electrons. The van der Waals surface area contributed by atoms with Gasteiger partial charge in [0.05, 0.1) is 18.9 Å². The maximum Gasteiger partial charge on any atom is 0.410 e. The Morgan fingerprint density at radius 1 is 1.41 bits per heavy atom. The summed E-state index contributed by atoms with van der Waals surface area (Å²) in [6.45, 7) is 4.75. The average Bonchev–Trinajstić information content (AvgIpc) is 2.90. The minimum Gasteiger partial charge on any atom is -0.466 e. The molecule has 1 heterocycles. The first kappa shape index (κ1) is 16.6. The van der Waals surface area contributed by atoms with Crippen molar-refractivity contribution in [3.05, 3.63) is 11.8 Å². The molecule has 6 nitrogen and oxygen atoms in total. The van der Waals surface area contributed by atoms with E-state index in [1.807, 2.05) is 0 Å². The number of carbonyl (C=O) groups is 2. The van der Waals surface area contributed by atoms with Gasteiger partial charge in [-0.2, -0.15) is 0 Å². The summed E-state index contributed by atoms with van der Waals surface area (Å²) in [6, 6.07) is 0. The highest BCUT2D eigenvalue weighted by molar-refractivity contribution is 5.89. The summed E-state index contributed by atoms with van der Waals surface area (Å²) in [7, 11) is 1.36. The Bertz CT molecular complexity index is 448. The van der Waals surface area contributed by atoms with E-state index < -0.39 is 12.4 Å². The Balaban J connectivity index is 2.02. The Morgan fingerprint density at radius 2 is 2.18 bits per heavy atom. The van der Waals surface area contributed by atoms with E-state index in [2.05, 4.69) is 19.2 Å². The maximum atomic E-state index is 11.8. The van der Waals surface area contributed by atoms with Crippen molar-refractivity contribution in [2.24, 2.45) is 17.8 Å². The predicted molar refractivity (Wildman–Crippen MR) is 79.7 cm³/mol. The molecule has 1 N–H and O–H groups in total. The molecule has 0 spiro atoms. The van der Waals surface area contributed by atoms with Crippen LogP contribution in [0.15, 0.2) is 11.8 Å². The van der Waals surface area contributed by atoms with Gasteiger partial charge in [0.2, 0.25) is 6.29 Å². The molecule has 22 heavy (non-hydrogen) atoms. The minimum absolute atomic E-state index is 0.00368. The standard InChI is InChI=1S/C16H25NO5/c1-4-5-8-17-16(19)22-15-13-10(2)6-7-11(13)12(9-21-15)14(18)20-3/h9-11,13,15H,4-8H2,1-3H3,(H,17,19). The predicted octanol–water partition coefficient (Wildman–Crippen LogP) is 2.59. The van der Waals surface area contributed by atoms with E-state index >= 15 is 0 Å². The number of alkyl carbamates (subject to hydrolysis) is 1. The van der Waals surface area contributed by atoms with Crippen molar-refractivity contribution in [1.82, 2.24) is 5.32 Å². The zero-order chi connectivity index (χ0) is 16.1. The molecular weight excluding hydrogens is 286 g/mol. The second-order valence-corrected chi connectivity index (χ2v) is 5.99. The highest BCUT2D eigenvalue weighted by Gasteiger charge is 2.47. The summed E-state index contributed by atoms with van der Waals surface area (Å²) in [4.78, 5) is 23.7. The summed E-state index contributed by atoms with van der Waals surface area (Å²) >= 11 is 0. The molecule has 1 fully saturated rings. The van der Waals surface area contributed by atoms with Crippen molar-refractivity contribution in [2.75, 3.05) is 13.7 Å². The van der Waals surface area contributed by atoms with Crippen molar-refractivity contribution in [3.63, 3.8) is 0 Å². The molecule has 1 aliphatic heterocycles. The van der Waals surface area contributed by atoms with Crippen LogP contribution in [0.4, 0.5) is 4.79 Å². The number of unbranched alkanes of at least 4 members (excludes halogenated alkanes) is 1. The van der Waals surface area contributed by atoms with Crippen molar-refractivity contribution in [1.29, 1.82) is 0 Å². The third kappa shape index (κ3) is 3.54. The van der Waals surface area contributed by atoms with Crippen molar-refractivity contribution in [2.45, 2.75) is 45.8 Å². The number of amides is 1. The molecule has 0 aromatic rings. The van der Waals surface area contributed by atoms with Gasteiger partial charge < -0.3 is 19.5 Å². The summed E-state index contributed by atoms with van der Waals surface area (Å²) in [5.74, 6) is -0.0117. The van der Waals surface area contributed by atoms with E-state index in [4.69, 9.17) is 14.2 Å². The number of carbonyl (C=O) groups excluding carboxylic acids is 2. The molecule has 4 atom stereocenters. The van der Waals surface area contributed by atoms with Gasteiger partial charge in [0.15, 0.2) is 0 Å². The van der Waals surface area contributed by atoms with Crippen LogP contribution in [0.1, 0.15) is 39.5 Å². The van der Waals surface area contributed by atoms with Gasteiger partial charge in [-0.1, -0.05) is 20.3 Å². The fraction of sp³-hybridized carbons (Fsp3) is 0.750. The normalized spacial score (nSPS) is 29.9. The van der Waals surface area contributed by atoms with E-state index in [1.54, 1.807) is 0 Å². The highest BCUT2D eigenvalue weighted by Crippen LogP contribution is 2.46. The highest BCUT2D eigenvalue weighted by atomic mass is 16.7. The fourth-order valence-electron chi connectivity index (χ4n) is 3.30. The van der Waals surface area contributed by atoms with E-state index in [1.165, 1.54) is 13.4 Å². The van der Waals surface area contributed by atoms with Gasteiger partial charge in [-0.05, 0) is 25.2 Å². The molecule has 2 rings (SSSR count). The molecule has 1 aliphatic carbocycles. The molecule has 0 aromatic heterocycles. The lowest BCUT2D eigenvalue weighted by molar-refractivity contribution is -0.145. The number of hydrogen-bond donors (Lipinski definition) is 1. The fourth-order valence-corrected chi connectivity index (χ4v) is 3.30. The average molecular weight is 311 g/mol. The van der Waals surface area contributed by atoms with E-state index in [0.29, 0.717) is 18.0 Å². The van der Waals surface area contributed by atoms with E-state index in [0.717, 1.165) is 25.7 Å². The van der Waals surface area contributed by atoms with Gasteiger partial charge in [0, 0.05) is 18.4 Å². The van der Waals surface area contributed by atoms with E-state index in [-0.39, 0.29) is 17.8 Å². The molecule has 0 bridgehead atoms. The molecule has 0 radical (unpaired) electrons. The minimum atomic E-state index is -0.641. The number of nitrogens with one attached hydrogen (secondary N) is 1. The molecule has 2 aliphatic rings. The van der Waals surface area contributed by atoms with E-state index in [9.17, 15) is 9.59 Å². The van der Waals surface area contributed by atoms with Gasteiger partial charge in [-0.3, -0.25) is 0 Å². The number of fused-ring (bicyclic) bond motifs is 1. The van der Waals surface area contributed by atoms with Crippen molar-refractivity contribution < 1.29 is 23.8 Å². The summed E-state index contributed by atoms with van der Waals surface area (Å²) in [5, 5.41) is 2.72. The van der Waals surface area contributed by atoms with Crippen LogP contribution in [-0.2, 0) is 19.0 Å². The summed E-state index contributed by atoms with van der Waals surface area (Å²) in [5.41, 5.74) is 0.545. The Labute approximate surface area is 131 Å². The van der Waals surface area contributed by atoms with Crippen molar-refractivity contribution >= 4 is 12.1 Å². The third-order valence-electron chi connectivity index (χ3n) is 4.54. The SMILES string of the molecule is CCCCNC(=O)OC1OC=C(C(=O)OC)C2CCC(C)C12. The van der Waals surface area contributed by atoms with Crippen LogP contribution in [0.2, 0.25) is 0 Å². The quantitative estimate of drug-likeness (QED) is 0.624. The van der Waals surface area contributed by atoms with Gasteiger partial charge >= 0.3 is 12.1 Å². The van der Waals surface area contributed by atoms with Gasteiger partial charge in [0.1, 0.15) is 0 Å². The lowest BCUT2D eigenvalue weighted by atomic mass is 9.83. The largest absolute Gasteiger partial charge is 0.466 e. The Kier molecular flexibility index (Phi) is 5.69. The molecule has 1 amide bonds. The number of methoxy groups -OCH3 is 1. The van der Waals surface area contributed by atoms with Crippen LogP contribution in [0.3, 0.4) is 0 Å². The number of ether oxygens (including phenoxy) is 3. The second-order valence-electron chi connectivity index (χ2n) is 5.99. The molecule has 4 unspecified atom stereocenters. The summed E-state index contributed by atoms with van der Waals surface area (Å²) in [6.07, 6.45) is 4.07. The van der Waals surface area contributed by atoms with Crippen LogP contribution >= 0.6 is 0 Å². The second kappa shape index (κ2) is 7.51. The Hall–Kier alpha value is -1.72. The molecule has 0 saturated heterocycles. The van der Waals surface area contributed by atoms with Gasteiger partial charge in [-0.25, -0.2) is 9.59 Å². The van der Waals surface area contributed by atoms with Crippen LogP contribution in [0.5, 0.6) is 0 Å². The van der Waals surface area contributed by atoms with Crippen LogP contribution < -0.4 is 5.32 Å². The topological polar surface area (TPSA) is 73.9 Å². The first-order chi connectivity index (χ1) is 10.6. The molecular formula is C16H25NO5. The monoisotopic (exact) mass is 311 g/mol. The zero-order valence-electron chi connectivity index (χ0n) is 13.5. The smallest absolute Gasteiger partial charge is 0.410 e. The van der Waals surface area contributed by atoms with Gasteiger partial charge in [-0.15, -0.1) is 0 Å². The lowest BCUT2D eigenvalue weighted by Crippen LogP contribution is -2.41. The Morgan fingerprint density at radius 3 is 2.86 bits per heavy atom. The number of hydrogen-bond acceptors (Lipinski definition) is 5. The van der Waals surface area contributed by atoms with Crippen LogP contribution in [0.25, 0.3) is 0 Å². The van der Waals surface area contributed by atoms with Crippen molar-refractivity contribution in [3.8, 4) is 0 Å². The first-order valence-electron chi connectivity index (χ1n) is 7.96. The third-order valence-corrected chi connectivity index (χ3v) is 4.54.